The van der Waals surface area contributed by atoms with Crippen molar-refractivity contribution in [3.05, 3.63) is 64.2 Å². The van der Waals surface area contributed by atoms with Crippen LogP contribution in [-0.4, -0.2) is 16.4 Å². The maximum absolute atomic E-state index is 9.81. The number of halogens is 1. The largest absolute Gasteiger partial charge is 0.507 e. The predicted octanol–water partition coefficient (Wildman–Crippen LogP) is 2.80. The number of nitrogens with zero attached hydrogens (tertiary/aromatic N) is 1. The van der Waals surface area contributed by atoms with E-state index in [9.17, 15) is 5.11 Å². The molecule has 0 radical (unpaired) electrons. The van der Waals surface area contributed by atoms with Gasteiger partial charge in [0.15, 0.2) is 5.11 Å². The van der Waals surface area contributed by atoms with Gasteiger partial charge >= 0.3 is 0 Å². The Labute approximate surface area is 133 Å². The van der Waals surface area contributed by atoms with Crippen LogP contribution in [0.25, 0.3) is 0 Å². The smallest absolute Gasteiger partial charge is 0.184 e. The summed E-state index contributed by atoms with van der Waals surface area (Å²) in [6.45, 7) is 0. The molecule has 0 fully saturated rings. The van der Waals surface area contributed by atoms with Gasteiger partial charge in [0.1, 0.15) is 5.75 Å². The van der Waals surface area contributed by atoms with Gasteiger partial charge in [-0.2, -0.15) is 5.10 Å². The van der Waals surface area contributed by atoms with Crippen molar-refractivity contribution in [3.63, 3.8) is 0 Å². The van der Waals surface area contributed by atoms with Crippen LogP contribution >= 0.6 is 23.8 Å². The first-order chi connectivity index (χ1) is 10.1. The van der Waals surface area contributed by atoms with Gasteiger partial charge in [0.25, 0.3) is 0 Å². The van der Waals surface area contributed by atoms with Crippen LogP contribution in [0.1, 0.15) is 16.7 Å². The summed E-state index contributed by atoms with van der Waals surface area (Å²) in [7, 11) is 0. The van der Waals surface area contributed by atoms with Crippen molar-refractivity contribution >= 4 is 35.1 Å². The second kappa shape index (κ2) is 7.06. The lowest BCUT2D eigenvalue weighted by atomic mass is 10.0. The number of hydrogen-bond acceptors (Lipinski definition) is 3. The fraction of sp³-hybridized carbons (Fsp3) is 0.0667. The normalized spacial score (nSPS) is 10.7. The van der Waals surface area contributed by atoms with E-state index in [1.165, 1.54) is 6.21 Å². The minimum Gasteiger partial charge on any atom is -0.507 e. The SMILES string of the molecule is NC(=S)N/N=C/c1cc(Cc2ccccc2Cl)ccc1O. The molecule has 0 amide bonds. The summed E-state index contributed by atoms with van der Waals surface area (Å²) in [5, 5.41) is 14.4. The highest BCUT2D eigenvalue weighted by molar-refractivity contribution is 7.80. The average molecular weight is 320 g/mol. The van der Waals surface area contributed by atoms with Crippen molar-refractivity contribution in [1.29, 1.82) is 0 Å². The second-order valence-corrected chi connectivity index (χ2v) is 5.24. The summed E-state index contributed by atoms with van der Waals surface area (Å²) in [4.78, 5) is 0. The van der Waals surface area contributed by atoms with Crippen LogP contribution in [0.2, 0.25) is 5.02 Å². The van der Waals surface area contributed by atoms with Crippen LogP contribution in [-0.2, 0) is 6.42 Å². The highest BCUT2D eigenvalue weighted by atomic mass is 35.5. The van der Waals surface area contributed by atoms with Crippen LogP contribution in [0.3, 0.4) is 0 Å². The molecule has 0 bridgehead atoms. The summed E-state index contributed by atoms with van der Waals surface area (Å²) >= 11 is 10.8. The lowest BCUT2D eigenvalue weighted by Crippen LogP contribution is -2.24. The third-order valence-corrected chi connectivity index (χ3v) is 3.28. The third-order valence-electron chi connectivity index (χ3n) is 2.82. The Morgan fingerprint density at radius 3 is 2.81 bits per heavy atom. The summed E-state index contributed by atoms with van der Waals surface area (Å²) in [5.74, 6) is 0.131. The molecule has 0 saturated carbocycles. The van der Waals surface area contributed by atoms with E-state index in [4.69, 9.17) is 17.3 Å². The summed E-state index contributed by atoms with van der Waals surface area (Å²) in [6.07, 6.45) is 2.13. The molecular formula is C15H14ClN3OS. The van der Waals surface area contributed by atoms with Gasteiger partial charge in [-0.25, -0.2) is 0 Å². The molecule has 2 aromatic carbocycles. The summed E-state index contributed by atoms with van der Waals surface area (Å²) < 4.78 is 0. The number of nitrogens with one attached hydrogen (secondary N) is 1. The van der Waals surface area contributed by atoms with Gasteiger partial charge in [-0.1, -0.05) is 35.9 Å². The van der Waals surface area contributed by atoms with Crippen molar-refractivity contribution < 1.29 is 5.11 Å². The van der Waals surface area contributed by atoms with Gasteiger partial charge in [0.05, 0.1) is 6.21 Å². The zero-order chi connectivity index (χ0) is 15.2. The van der Waals surface area contributed by atoms with Crippen LogP contribution < -0.4 is 11.2 Å². The van der Waals surface area contributed by atoms with E-state index in [1.807, 2.05) is 36.4 Å². The van der Waals surface area contributed by atoms with Crippen LogP contribution in [0, 0.1) is 0 Å². The van der Waals surface area contributed by atoms with Crippen LogP contribution in [0.5, 0.6) is 5.75 Å². The number of hydrogen-bond donors (Lipinski definition) is 3. The number of aromatic hydroxyl groups is 1. The molecule has 0 saturated heterocycles. The van der Waals surface area contributed by atoms with Crippen molar-refractivity contribution in [2.24, 2.45) is 10.8 Å². The zero-order valence-corrected chi connectivity index (χ0v) is 12.7. The second-order valence-electron chi connectivity index (χ2n) is 4.40. The molecule has 0 aromatic heterocycles. The van der Waals surface area contributed by atoms with Crippen LogP contribution in [0.4, 0.5) is 0 Å². The number of hydrazone groups is 1. The Bertz CT molecular complexity index is 688. The van der Waals surface area contributed by atoms with Crippen molar-refractivity contribution in [3.8, 4) is 5.75 Å². The van der Waals surface area contributed by atoms with E-state index in [2.05, 4.69) is 22.7 Å². The van der Waals surface area contributed by atoms with E-state index >= 15 is 0 Å². The third kappa shape index (κ3) is 4.44. The fourth-order valence-electron chi connectivity index (χ4n) is 1.84. The number of rotatable bonds is 4. The molecule has 0 unspecified atom stereocenters. The fourth-order valence-corrected chi connectivity index (χ4v) is 2.10. The molecule has 2 rings (SSSR count). The molecule has 2 aromatic rings. The first-order valence-electron chi connectivity index (χ1n) is 6.20. The Hall–Kier alpha value is -2.11. The highest BCUT2D eigenvalue weighted by Gasteiger charge is 2.04. The molecule has 4 nitrogen and oxygen atoms in total. The Balaban J connectivity index is 2.20. The molecule has 0 aliphatic rings. The number of phenolic OH excluding ortho intramolecular Hbond substituents is 1. The predicted molar refractivity (Wildman–Crippen MR) is 89.9 cm³/mol. The standard InChI is InChI=1S/C15H14ClN3OS/c16-13-4-2-1-3-11(13)7-10-5-6-14(20)12(8-10)9-18-19-15(17)21/h1-6,8-9,20H,7H2,(H3,17,19,21)/b18-9+. The lowest BCUT2D eigenvalue weighted by Gasteiger charge is -2.06. The molecule has 4 N–H and O–H groups in total. The minimum atomic E-state index is 0.0676. The van der Waals surface area contributed by atoms with E-state index in [0.717, 1.165) is 16.1 Å². The van der Waals surface area contributed by atoms with Crippen molar-refractivity contribution in [1.82, 2.24) is 5.43 Å². The van der Waals surface area contributed by atoms with Gasteiger partial charge in [-0.15, -0.1) is 0 Å². The average Bonchev–Trinajstić information content (AvgIpc) is 2.44. The Morgan fingerprint density at radius 2 is 2.10 bits per heavy atom. The lowest BCUT2D eigenvalue weighted by molar-refractivity contribution is 0.474. The monoisotopic (exact) mass is 319 g/mol. The first kappa shape index (κ1) is 15.3. The molecule has 21 heavy (non-hydrogen) atoms. The van der Waals surface area contributed by atoms with E-state index in [1.54, 1.807) is 6.07 Å². The van der Waals surface area contributed by atoms with E-state index < -0.39 is 0 Å². The zero-order valence-electron chi connectivity index (χ0n) is 11.1. The van der Waals surface area contributed by atoms with Gasteiger partial charge in [-0.3, -0.25) is 5.43 Å². The van der Waals surface area contributed by atoms with E-state index in [0.29, 0.717) is 12.0 Å². The minimum absolute atomic E-state index is 0.0676. The molecule has 0 aliphatic heterocycles. The molecule has 0 aliphatic carbocycles. The summed E-state index contributed by atoms with van der Waals surface area (Å²) in [6, 6.07) is 13.0. The topological polar surface area (TPSA) is 70.6 Å². The Morgan fingerprint density at radius 1 is 1.33 bits per heavy atom. The van der Waals surface area contributed by atoms with Gasteiger partial charge in [-0.05, 0) is 48.0 Å². The quantitative estimate of drug-likeness (QED) is 0.460. The molecule has 0 atom stereocenters. The van der Waals surface area contributed by atoms with Crippen molar-refractivity contribution in [2.45, 2.75) is 6.42 Å². The van der Waals surface area contributed by atoms with Crippen LogP contribution in [0.15, 0.2) is 47.6 Å². The summed E-state index contributed by atoms with van der Waals surface area (Å²) in [5.41, 5.74) is 10.3. The van der Waals surface area contributed by atoms with Gasteiger partial charge < -0.3 is 10.8 Å². The maximum atomic E-state index is 9.81. The number of nitrogens with two attached hydrogens (primary N) is 1. The van der Waals surface area contributed by atoms with E-state index in [-0.39, 0.29) is 10.9 Å². The first-order valence-corrected chi connectivity index (χ1v) is 6.98. The molecule has 0 heterocycles. The number of benzene rings is 2. The number of thiocarbonyl (C=S) groups is 1. The number of phenols is 1. The molecule has 108 valence electrons. The van der Waals surface area contributed by atoms with Gasteiger partial charge in [0.2, 0.25) is 0 Å². The molecule has 0 spiro atoms. The highest BCUT2D eigenvalue weighted by Crippen LogP contribution is 2.22. The maximum Gasteiger partial charge on any atom is 0.184 e. The van der Waals surface area contributed by atoms with Gasteiger partial charge in [0, 0.05) is 10.6 Å². The molecular weight excluding hydrogens is 306 g/mol. The van der Waals surface area contributed by atoms with Crippen molar-refractivity contribution in [2.75, 3.05) is 0 Å². The Kier molecular flexibility index (Phi) is 5.14. The molecule has 6 heteroatoms.